The molecule has 2 heterocycles. The molecule has 0 aliphatic carbocycles. The van der Waals surface area contributed by atoms with Gasteiger partial charge in [0, 0.05) is 37.0 Å². The molecule has 142 valence electrons. The van der Waals surface area contributed by atoms with Crippen molar-refractivity contribution in [1.82, 2.24) is 14.5 Å². The molecule has 0 fully saturated rings. The average molecular weight is 386 g/mol. The van der Waals surface area contributed by atoms with Crippen molar-refractivity contribution in [3.8, 4) is 11.3 Å². The third-order valence-corrected chi connectivity index (χ3v) is 4.21. The van der Waals surface area contributed by atoms with Gasteiger partial charge in [0.2, 0.25) is 16.0 Å². The Morgan fingerprint density at radius 3 is 2.54 bits per heavy atom. The Bertz CT molecular complexity index is 961. The van der Waals surface area contributed by atoms with Gasteiger partial charge in [0.15, 0.2) is 0 Å². The van der Waals surface area contributed by atoms with Gasteiger partial charge in [-0.2, -0.15) is 0 Å². The molecule has 0 amide bonds. The molecule has 0 aliphatic rings. The van der Waals surface area contributed by atoms with Crippen LogP contribution < -0.4 is 10.3 Å². The lowest BCUT2D eigenvalue weighted by molar-refractivity contribution is -0.0140. The summed E-state index contributed by atoms with van der Waals surface area (Å²) in [6.45, 7) is 3.19. The molecule has 0 radical (unpaired) electrons. The lowest BCUT2D eigenvalue weighted by atomic mass is 10.00. The van der Waals surface area contributed by atoms with Crippen molar-refractivity contribution in [1.29, 1.82) is 0 Å². The minimum absolute atomic E-state index is 0.122. The summed E-state index contributed by atoms with van der Waals surface area (Å²) in [5.74, 6) is -3.51. The molecule has 0 bridgehead atoms. The molecular formula is C16H20F2N4O3S. The number of nitrogens with zero attached hydrogens (tertiary/aromatic N) is 3. The molecule has 10 heteroatoms. The lowest BCUT2D eigenvalue weighted by Gasteiger charge is -2.19. The highest BCUT2D eigenvalue weighted by Crippen LogP contribution is 2.38. The van der Waals surface area contributed by atoms with Crippen molar-refractivity contribution in [2.75, 3.05) is 11.0 Å². The van der Waals surface area contributed by atoms with Crippen LogP contribution in [0.4, 0.5) is 14.7 Å². The van der Waals surface area contributed by atoms with E-state index in [1.54, 1.807) is 13.8 Å². The van der Waals surface area contributed by atoms with Crippen LogP contribution in [0, 0.1) is 6.92 Å². The van der Waals surface area contributed by atoms with E-state index in [1.165, 1.54) is 23.9 Å². The maximum absolute atomic E-state index is 14.6. The zero-order valence-electron chi connectivity index (χ0n) is 14.9. The first-order valence-corrected chi connectivity index (χ1v) is 9.74. The summed E-state index contributed by atoms with van der Waals surface area (Å²) in [6.07, 6.45) is 3.04. The quantitative estimate of drug-likeness (QED) is 0.823. The number of halogens is 2. The summed E-state index contributed by atoms with van der Waals surface area (Å²) in [4.78, 5) is 19.6. The Labute approximate surface area is 150 Å². The van der Waals surface area contributed by atoms with Crippen LogP contribution in [0.25, 0.3) is 11.3 Å². The summed E-state index contributed by atoms with van der Waals surface area (Å²) in [5, 5.41) is 0. The second-order valence-electron chi connectivity index (χ2n) is 6.11. The van der Waals surface area contributed by atoms with Gasteiger partial charge in [0.25, 0.3) is 11.5 Å². The van der Waals surface area contributed by atoms with Gasteiger partial charge in [-0.05, 0) is 13.0 Å². The molecular weight excluding hydrogens is 366 g/mol. The Morgan fingerprint density at radius 1 is 1.35 bits per heavy atom. The first kappa shape index (κ1) is 20.0. The number of aryl methyl sites for hydroxylation is 2. The summed E-state index contributed by atoms with van der Waals surface area (Å²) >= 11 is 0. The van der Waals surface area contributed by atoms with Gasteiger partial charge in [-0.25, -0.2) is 27.2 Å². The van der Waals surface area contributed by atoms with Crippen LogP contribution in [0.5, 0.6) is 0 Å². The molecule has 2 aromatic rings. The maximum atomic E-state index is 14.6. The maximum Gasteiger partial charge on any atom is 0.276 e. The number of alkyl halides is 2. The Hall–Kier alpha value is -2.36. The summed E-state index contributed by atoms with van der Waals surface area (Å²) in [7, 11) is -2.18. The van der Waals surface area contributed by atoms with Crippen molar-refractivity contribution in [2.24, 2.45) is 7.05 Å². The molecule has 7 nitrogen and oxygen atoms in total. The van der Waals surface area contributed by atoms with E-state index in [0.717, 1.165) is 12.5 Å². The number of pyridine rings is 1. The molecule has 0 unspecified atom stereocenters. The van der Waals surface area contributed by atoms with Crippen LogP contribution in [-0.2, 0) is 23.0 Å². The molecule has 0 spiro atoms. The predicted octanol–water partition coefficient (Wildman–Crippen LogP) is 2.41. The summed E-state index contributed by atoms with van der Waals surface area (Å²) in [5.41, 5.74) is -0.181. The van der Waals surface area contributed by atoms with Crippen LogP contribution >= 0.6 is 0 Å². The first-order chi connectivity index (χ1) is 11.9. The van der Waals surface area contributed by atoms with Crippen molar-refractivity contribution >= 4 is 16.0 Å². The van der Waals surface area contributed by atoms with E-state index in [9.17, 15) is 22.0 Å². The van der Waals surface area contributed by atoms with E-state index >= 15 is 0 Å². The molecule has 26 heavy (non-hydrogen) atoms. The molecule has 1 N–H and O–H groups in total. The largest absolute Gasteiger partial charge is 0.318 e. The fraction of sp³-hybridized carbons (Fsp3) is 0.438. The zero-order valence-corrected chi connectivity index (χ0v) is 15.7. The van der Waals surface area contributed by atoms with E-state index in [1.807, 2.05) is 0 Å². The van der Waals surface area contributed by atoms with Gasteiger partial charge in [-0.1, -0.05) is 13.3 Å². The SMILES string of the molecule is CCCC(F)(F)c1cnc(NS(C)(=O)=O)nc1-c1cc(C)c(=O)n(C)c1. The number of sulfonamides is 1. The van der Waals surface area contributed by atoms with Crippen LogP contribution in [-0.4, -0.2) is 29.2 Å². The molecule has 0 saturated carbocycles. The highest BCUT2D eigenvalue weighted by Gasteiger charge is 2.35. The Kier molecular flexibility index (Phi) is 5.45. The van der Waals surface area contributed by atoms with E-state index in [2.05, 4.69) is 14.7 Å². The smallest absolute Gasteiger partial charge is 0.276 e. The van der Waals surface area contributed by atoms with Gasteiger partial charge in [0.1, 0.15) is 0 Å². The minimum Gasteiger partial charge on any atom is -0.318 e. The highest BCUT2D eigenvalue weighted by molar-refractivity contribution is 7.91. The van der Waals surface area contributed by atoms with Crippen molar-refractivity contribution < 1.29 is 17.2 Å². The number of anilines is 1. The van der Waals surface area contributed by atoms with E-state index in [0.29, 0.717) is 5.56 Å². The third-order valence-electron chi connectivity index (χ3n) is 3.66. The van der Waals surface area contributed by atoms with Crippen molar-refractivity contribution in [3.05, 3.63) is 39.9 Å². The van der Waals surface area contributed by atoms with Gasteiger partial charge < -0.3 is 4.57 Å². The normalized spacial score (nSPS) is 12.2. The molecule has 0 saturated heterocycles. The standard InChI is InChI=1S/C16H20F2N4O3S/c1-5-6-16(17,18)12-8-19-15(21-26(4,24)25)20-13(12)11-7-10(2)14(23)22(3)9-11/h7-9H,5-6H2,1-4H3,(H,19,20,21). The lowest BCUT2D eigenvalue weighted by Crippen LogP contribution is -2.21. The highest BCUT2D eigenvalue weighted by atomic mass is 32.2. The van der Waals surface area contributed by atoms with Crippen LogP contribution in [0.3, 0.4) is 0 Å². The number of rotatable bonds is 6. The fourth-order valence-electron chi connectivity index (χ4n) is 2.54. The summed E-state index contributed by atoms with van der Waals surface area (Å²) < 4.78 is 55.3. The molecule has 0 aliphatic heterocycles. The van der Waals surface area contributed by atoms with Crippen molar-refractivity contribution in [3.63, 3.8) is 0 Å². The van der Waals surface area contributed by atoms with Gasteiger partial charge >= 0.3 is 0 Å². The van der Waals surface area contributed by atoms with Crippen LogP contribution in [0.1, 0.15) is 30.9 Å². The number of hydrogen-bond donors (Lipinski definition) is 1. The van der Waals surface area contributed by atoms with E-state index in [-0.39, 0.29) is 29.2 Å². The van der Waals surface area contributed by atoms with Gasteiger partial charge in [-0.3, -0.25) is 9.52 Å². The van der Waals surface area contributed by atoms with E-state index < -0.39 is 27.9 Å². The Balaban J connectivity index is 2.73. The fourth-order valence-corrected chi connectivity index (χ4v) is 2.97. The Morgan fingerprint density at radius 2 is 2.00 bits per heavy atom. The van der Waals surface area contributed by atoms with Gasteiger partial charge in [0.05, 0.1) is 17.5 Å². The first-order valence-electron chi connectivity index (χ1n) is 7.85. The van der Waals surface area contributed by atoms with Crippen molar-refractivity contribution in [2.45, 2.75) is 32.6 Å². The molecule has 2 aromatic heterocycles. The predicted molar refractivity (Wildman–Crippen MR) is 94.7 cm³/mol. The minimum atomic E-state index is -3.68. The summed E-state index contributed by atoms with van der Waals surface area (Å²) in [6, 6.07) is 1.44. The van der Waals surface area contributed by atoms with Crippen LogP contribution in [0.15, 0.2) is 23.3 Å². The topological polar surface area (TPSA) is 94.0 Å². The van der Waals surface area contributed by atoms with E-state index in [4.69, 9.17) is 0 Å². The van der Waals surface area contributed by atoms with Crippen LogP contribution in [0.2, 0.25) is 0 Å². The average Bonchev–Trinajstić information content (AvgIpc) is 2.50. The molecule has 0 atom stereocenters. The molecule has 2 rings (SSSR count). The number of aromatic nitrogens is 3. The third kappa shape index (κ3) is 4.43. The zero-order chi connectivity index (χ0) is 19.7. The second kappa shape index (κ2) is 7.10. The monoisotopic (exact) mass is 386 g/mol. The number of nitrogens with one attached hydrogen (secondary N) is 1. The number of hydrogen-bond acceptors (Lipinski definition) is 5. The second-order valence-corrected chi connectivity index (χ2v) is 7.86. The van der Waals surface area contributed by atoms with Gasteiger partial charge in [-0.15, -0.1) is 0 Å². The molecule has 0 aromatic carbocycles.